The van der Waals surface area contributed by atoms with Gasteiger partial charge in [0.25, 0.3) is 0 Å². The van der Waals surface area contributed by atoms with Crippen molar-refractivity contribution < 1.29 is 9.90 Å². The van der Waals surface area contributed by atoms with Gasteiger partial charge in [-0.25, -0.2) is 0 Å². The second kappa shape index (κ2) is 6.33. The van der Waals surface area contributed by atoms with Gasteiger partial charge in [-0.15, -0.1) is 0 Å². The van der Waals surface area contributed by atoms with Crippen LogP contribution in [0.1, 0.15) is 62.1 Å². The average molecular weight is 377 g/mol. The van der Waals surface area contributed by atoms with E-state index in [-0.39, 0.29) is 5.41 Å². The minimum absolute atomic E-state index is 0.220. The van der Waals surface area contributed by atoms with E-state index in [2.05, 4.69) is 31.1 Å². The minimum atomic E-state index is -0.220. The van der Waals surface area contributed by atoms with Crippen molar-refractivity contribution in [3.8, 4) is 5.75 Å². The molecule has 0 spiro atoms. The Morgan fingerprint density at radius 1 is 1.36 bits per heavy atom. The predicted octanol–water partition coefficient (Wildman–Crippen LogP) is 4.73. The van der Waals surface area contributed by atoms with E-state index in [0.717, 1.165) is 49.8 Å². The van der Waals surface area contributed by atoms with Gasteiger partial charge in [0.15, 0.2) is 5.78 Å². The summed E-state index contributed by atoms with van der Waals surface area (Å²) >= 11 is 0. The second-order valence-electron chi connectivity index (χ2n) is 9.09. The van der Waals surface area contributed by atoms with Gasteiger partial charge in [-0.2, -0.15) is 5.10 Å². The highest BCUT2D eigenvalue weighted by Crippen LogP contribution is 2.60. The number of aromatic hydroxyl groups is 1. The zero-order chi connectivity index (χ0) is 19.5. The number of ketones is 1. The molecule has 1 aromatic carbocycles. The third-order valence-corrected chi connectivity index (χ3v) is 7.67. The van der Waals surface area contributed by atoms with Crippen LogP contribution in [0.5, 0.6) is 5.75 Å². The summed E-state index contributed by atoms with van der Waals surface area (Å²) in [6, 6.07) is 5.89. The largest absolute Gasteiger partial charge is 0.508 e. The highest BCUT2D eigenvalue weighted by Gasteiger charge is 2.56. The summed E-state index contributed by atoms with van der Waals surface area (Å²) in [5.74, 6) is 2.23. The van der Waals surface area contributed by atoms with Crippen LogP contribution in [0.3, 0.4) is 0 Å². The van der Waals surface area contributed by atoms with Gasteiger partial charge < -0.3 is 5.11 Å². The van der Waals surface area contributed by atoms with Crippen LogP contribution >= 0.6 is 0 Å². The van der Waals surface area contributed by atoms with Crippen LogP contribution in [0.4, 0.5) is 0 Å². The molecule has 2 saturated carbocycles. The summed E-state index contributed by atoms with van der Waals surface area (Å²) in [5.41, 5.74) is 4.51. The number of aryl methyl sites for hydroxylation is 2. The summed E-state index contributed by atoms with van der Waals surface area (Å²) in [6.07, 6.45) is 11.0. The van der Waals surface area contributed by atoms with E-state index in [9.17, 15) is 9.90 Å². The van der Waals surface area contributed by atoms with Crippen molar-refractivity contribution in [3.63, 3.8) is 0 Å². The first kappa shape index (κ1) is 17.7. The summed E-state index contributed by atoms with van der Waals surface area (Å²) in [6.45, 7) is 5.12. The van der Waals surface area contributed by atoms with Crippen molar-refractivity contribution in [1.29, 1.82) is 0 Å². The molecule has 0 saturated heterocycles. The van der Waals surface area contributed by atoms with Crippen molar-refractivity contribution in [3.05, 3.63) is 52.9 Å². The molecule has 1 aromatic heterocycles. The zero-order valence-corrected chi connectivity index (χ0v) is 16.7. The summed E-state index contributed by atoms with van der Waals surface area (Å²) in [5, 5.41) is 14.2. The lowest BCUT2D eigenvalue weighted by Crippen LogP contribution is -2.42. The number of allylic oxidation sites excluding steroid dienone is 1. The number of hydrogen-bond acceptors (Lipinski definition) is 3. The Morgan fingerprint density at radius 3 is 3.00 bits per heavy atom. The molecule has 4 atom stereocenters. The molecule has 3 aliphatic rings. The first-order chi connectivity index (χ1) is 13.5. The number of benzene rings is 1. The maximum atomic E-state index is 13.4. The van der Waals surface area contributed by atoms with Crippen LogP contribution in [0, 0.1) is 17.3 Å². The number of rotatable bonds is 2. The van der Waals surface area contributed by atoms with Crippen molar-refractivity contribution in [2.45, 2.75) is 58.4 Å². The number of hydrogen-bond donors (Lipinski definition) is 1. The lowest BCUT2D eigenvalue weighted by molar-refractivity contribution is -0.127. The molecule has 0 unspecified atom stereocenters. The van der Waals surface area contributed by atoms with Gasteiger partial charge in [0.1, 0.15) is 5.75 Å². The van der Waals surface area contributed by atoms with Crippen molar-refractivity contribution in [1.82, 2.24) is 9.78 Å². The normalized spacial score (nSPS) is 32.9. The second-order valence-corrected chi connectivity index (χ2v) is 9.09. The molecule has 0 aliphatic heterocycles. The van der Waals surface area contributed by atoms with Crippen LogP contribution in [0.25, 0.3) is 6.08 Å². The molecule has 2 aromatic rings. The lowest BCUT2D eigenvalue weighted by Gasteiger charge is -2.48. The Labute approximate surface area is 166 Å². The maximum Gasteiger partial charge on any atom is 0.165 e. The Kier molecular flexibility index (Phi) is 4.01. The van der Waals surface area contributed by atoms with Gasteiger partial charge in [0.2, 0.25) is 0 Å². The van der Waals surface area contributed by atoms with Crippen LogP contribution in [-0.2, 0) is 17.8 Å². The highest BCUT2D eigenvalue weighted by atomic mass is 16.3. The predicted molar refractivity (Wildman–Crippen MR) is 109 cm³/mol. The molecular formula is C24H28N2O2. The smallest absolute Gasteiger partial charge is 0.165 e. The number of aromatic nitrogens is 2. The van der Waals surface area contributed by atoms with Crippen molar-refractivity contribution in [2.24, 2.45) is 17.3 Å². The van der Waals surface area contributed by atoms with Crippen LogP contribution in [-0.4, -0.2) is 20.7 Å². The fourth-order valence-corrected chi connectivity index (χ4v) is 6.20. The number of fused-ring (bicyclic) bond motifs is 5. The van der Waals surface area contributed by atoms with Crippen LogP contribution in [0.15, 0.2) is 36.2 Å². The van der Waals surface area contributed by atoms with Gasteiger partial charge in [0, 0.05) is 23.7 Å². The van der Waals surface area contributed by atoms with E-state index in [0.29, 0.717) is 29.3 Å². The first-order valence-electron chi connectivity index (χ1n) is 10.6. The molecule has 1 N–H and O–H groups in total. The molecular weight excluding hydrogens is 348 g/mol. The lowest BCUT2D eigenvalue weighted by atomic mass is 9.55. The van der Waals surface area contributed by atoms with E-state index in [4.69, 9.17) is 0 Å². The van der Waals surface area contributed by atoms with Gasteiger partial charge in [-0.3, -0.25) is 9.48 Å². The molecule has 2 fully saturated rings. The molecule has 0 bridgehead atoms. The Hall–Kier alpha value is -2.36. The van der Waals surface area contributed by atoms with E-state index in [1.807, 2.05) is 29.2 Å². The van der Waals surface area contributed by atoms with Gasteiger partial charge >= 0.3 is 0 Å². The molecule has 3 aliphatic carbocycles. The van der Waals surface area contributed by atoms with E-state index < -0.39 is 0 Å². The zero-order valence-electron chi connectivity index (χ0n) is 16.7. The molecule has 4 nitrogen and oxygen atoms in total. The number of Topliss-reactive ketones (excluding diaryl/α,β-unsaturated/α-hetero) is 1. The summed E-state index contributed by atoms with van der Waals surface area (Å²) in [7, 11) is 0. The van der Waals surface area contributed by atoms with Gasteiger partial charge in [-0.1, -0.05) is 13.0 Å². The van der Waals surface area contributed by atoms with Gasteiger partial charge in [0.05, 0.1) is 6.20 Å². The third-order valence-electron chi connectivity index (χ3n) is 7.67. The Balaban J connectivity index is 1.47. The number of carbonyl (C=O) groups is 1. The summed E-state index contributed by atoms with van der Waals surface area (Å²) < 4.78 is 1.91. The third kappa shape index (κ3) is 2.57. The standard InChI is InChI=1S/C24H28N2O2/c1-3-26-14-15(13-25-26)10-17-12-22-21-6-4-16-11-18(27)5-7-19(16)20(21)8-9-24(22,2)23(17)28/h5,7,10-11,13-14,20-22,27H,3-4,6,8-9,12H2,1-2H3/b17-10+/t20-,21+,22+,24-/m0/s1. The molecule has 0 radical (unpaired) electrons. The number of nitrogens with zero attached hydrogens (tertiary/aromatic N) is 2. The Morgan fingerprint density at radius 2 is 2.21 bits per heavy atom. The molecule has 0 amide bonds. The van der Waals surface area contributed by atoms with Crippen LogP contribution in [0.2, 0.25) is 0 Å². The van der Waals surface area contributed by atoms with Crippen LogP contribution < -0.4 is 0 Å². The van der Waals surface area contributed by atoms with Crippen molar-refractivity contribution in [2.75, 3.05) is 0 Å². The number of phenols is 1. The van der Waals surface area contributed by atoms with E-state index in [1.54, 1.807) is 0 Å². The number of carbonyl (C=O) groups excluding carboxylic acids is 1. The quantitative estimate of drug-likeness (QED) is 0.771. The molecule has 146 valence electrons. The van der Waals surface area contributed by atoms with Gasteiger partial charge in [-0.05, 0) is 91.7 Å². The fraction of sp³-hybridized carbons (Fsp3) is 0.500. The average Bonchev–Trinajstić information content (AvgIpc) is 3.25. The Bertz CT molecular complexity index is 973. The maximum absolute atomic E-state index is 13.4. The van der Waals surface area contributed by atoms with E-state index >= 15 is 0 Å². The molecule has 5 rings (SSSR count). The van der Waals surface area contributed by atoms with Crippen molar-refractivity contribution >= 4 is 11.9 Å². The summed E-state index contributed by atoms with van der Waals surface area (Å²) in [4.78, 5) is 13.4. The topological polar surface area (TPSA) is 55.1 Å². The monoisotopic (exact) mass is 376 g/mol. The molecule has 1 heterocycles. The molecule has 28 heavy (non-hydrogen) atoms. The first-order valence-corrected chi connectivity index (χ1v) is 10.6. The minimum Gasteiger partial charge on any atom is -0.508 e. The number of phenolic OH excluding ortho intramolecular Hbond substituents is 1. The molecule has 4 heteroatoms. The highest BCUT2D eigenvalue weighted by molar-refractivity contribution is 6.05. The van der Waals surface area contributed by atoms with E-state index in [1.165, 1.54) is 11.1 Å². The SMILES string of the molecule is CCn1cc(/C=C2\C[C@@H]3[C@@H]4CCc5cc(O)ccc5[C@@H]4CC[C@]3(C)C2=O)cn1. The fourth-order valence-electron chi connectivity index (χ4n) is 6.20.